The van der Waals surface area contributed by atoms with E-state index < -0.39 is 0 Å². The third kappa shape index (κ3) is 4.56. The van der Waals surface area contributed by atoms with Crippen molar-refractivity contribution in [1.82, 2.24) is 10.3 Å². The maximum absolute atomic E-state index is 12.1. The molecule has 26 heavy (non-hydrogen) atoms. The van der Waals surface area contributed by atoms with Crippen LogP contribution in [0.5, 0.6) is 5.75 Å². The third-order valence-electron chi connectivity index (χ3n) is 3.80. The lowest BCUT2D eigenvalue weighted by Gasteiger charge is -2.09. The van der Waals surface area contributed by atoms with Crippen LogP contribution in [-0.2, 0) is 11.2 Å². The SMILES string of the molecule is O=C(COc1ccc(Cl)cc1Cl)NCCc1cc2ccccc2[nH]c1=O. The Labute approximate surface area is 159 Å². The summed E-state index contributed by atoms with van der Waals surface area (Å²) in [5.41, 5.74) is 1.26. The molecule has 0 spiro atoms. The lowest BCUT2D eigenvalue weighted by Crippen LogP contribution is -2.31. The maximum atomic E-state index is 12.1. The average molecular weight is 391 g/mol. The van der Waals surface area contributed by atoms with Gasteiger partial charge in [0.2, 0.25) is 0 Å². The van der Waals surface area contributed by atoms with E-state index >= 15 is 0 Å². The number of carbonyl (C=O) groups is 1. The molecular weight excluding hydrogens is 375 g/mol. The summed E-state index contributed by atoms with van der Waals surface area (Å²) in [5, 5.41) is 4.51. The first-order valence-electron chi connectivity index (χ1n) is 7.98. The summed E-state index contributed by atoms with van der Waals surface area (Å²) in [6.45, 7) is 0.160. The van der Waals surface area contributed by atoms with Crippen molar-refractivity contribution >= 4 is 40.0 Å². The second-order valence-corrected chi connectivity index (χ2v) is 6.52. The first-order chi connectivity index (χ1) is 12.5. The van der Waals surface area contributed by atoms with Crippen LogP contribution in [0.25, 0.3) is 10.9 Å². The van der Waals surface area contributed by atoms with E-state index in [-0.39, 0.29) is 18.1 Å². The normalized spacial score (nSPS) is 10.7. The highest BCUT2D eigenvalue weighted by molar-refractivity contribution is 6.35. The number of hydrogen-bond donors (Lipinski definition) is 2. The number of carbonyl (C=O) groups excluding carboxylic acids is 1. The minimum Gasteiger partial charge on any atom is -0.482 e. The van der Waals surface area contributed by atoms with Gasteiger partial charge in [0.25, 0.3) is 11.5 Å². The van der Waals surface area contributed by atoms with E-state index in [0.717, 1.165) is 10.9 Å². The van der Waals surface area contributed by atoms with Gasteiger partial charge in [-0.15, -0.1) is 0 Å². The molecule has 7 heteroatoms. The Morgan fingerprint density at radius 2 is 1.92 bits per heavy atom. The number of nitrogens with one attached hydrogen (secondary N) is 2. The predicted octanol–water partition coefficient (Wildman–Crippen LogP) is 3.57. The van der Waals surface area contributed by atoms with E-state index in [1.165, 1.54) is 0 Å². The predicted molar refractivity (Wildman–Crippen MR) is 103 cm³/mol. The zero-order valence-corrected chi connectivity index (χ0v) is 15.2. The van der Waals surface area contributed by atoms with Gasteiger partial charge in [-0.05, 0) is 42.1 Å². The number of pyridine rings is 1. The Morgan fingerprint density at radius 1 is 1.12 bits per heavy atom. The topological polar surface area (TPSA) is 71.2 Å². The van der Waals surface area contributed by atoms with Gasteiger partial charge in [0, 0.05) is 22.6 Å². The van der Waals surface area contributed by atoms with Crippen LogP contribution in [0.2, 0.25) is 10.0 Å². The standard InChI is InChI=1S/C19H16Cl2N2O3/c20-14-5-6-17(15(21)10-14)26-11-18(24)22-8-7-13-9-12-3-1-2-4-16(12)23-19(13)25/h1-6,9-10H,7-8,11H2,(H,22,24)(H,23,25). The molecule has 0 unspecified atom stereocenters. The molecule has 0 fully saturated rings. The van der Waals surface area contributed by atoms with Crippen molar-refractivity contribution in [2.24, 2.45) is 0 Å². The van der Waals surface area contributed by atoms with E-state index in [0.29, 0.717) is 34.3 Å². The minimum atomic E-state index is -0.298. The lowest BCUT2D eigenvalue weighted by atomic mass is 10.1. The first kappa shape index (κ1) is 18.3. The Morgan fingerprint density at radius 3 is 2.73 bits per heavy atom. The summed E-state index contributed by atoms with van der Waals surface area (Å²) in [6.07, 6.45) is 0.424. The smallest absolute Gasteiger partial charge is 0.257 e. The molecule has 0 saturated heterocycles. The van der Waals surface area contributed by atoms with E-state index in [4.69, 9.17) is 27.9 Å². The number of halogens is 2. The van der Waals surface area contributed by atoms with Crippen molar-refractivity contribution in [3.8, 4) is 5.75 Å². The summed E-state index contributed by atoms with van der Waals surface area (Å²) in [7, 11) is 0. The van der Waals surface area contributed by atoms with Gasteiger partial charge in [-0.2, -0.15) is 0 Å². The Balaban J connectivity index is 1.52. The molecule has 0 aliphatic heterocycles. The van der Waals surface area contributed by atoms with E-state index in [1.54, 1.807) is 18.2 Å². The molecular formula is C19H16Cl2N2O3. The number of aromatic amines is 1. The lowest BCUT2D eigenvalue weighted by molar-refractivity contribution is -0.123. The first-order valence-corrected chi connectivity index (χ1v) is 8.74. The summed E-state index contributed by atoms with van der Waals surface area (Å²) < 4.78 is 5.37. The number of rotatable bonds is 6. The second-order valence-electron chi connectivity index (χ2n) is 5.67. The third-order valence-corrected chi connectivity index (χ3v) is 4.33. The van der Waals surface area contributed by atoms with E-state index in [1.807, 2.05) is 30.3 Å². The zero-order chi connectivity index (χ0) is 18.5. The molecule has 1 amide bonds. The average Bonchev–Trinajstić information content (AvgIpc) is 2.61. The molecule has 3 rings (SSSR count). The number of para-hydroxylation sites is 1. The minimum absolute atomic E-state index is 0.151. The van der Waals surface area contributed by atoms with Crippen molar-refractivity contribution < 1.29 is 9.53 Å². The molecule has 0 atom stereocenters. The number of aromatic nitrogens is 1. The number of fused-ring (bicyclic) bond motifs is 1. The quantitative estimate of drug-likeness (QED) is 0.675. The van der Waals surface area contributed by atoms with Gasteiger partial charge in [-0.1, -0.05) is 41.4 Å². The number of benzene rings is 2. The summed E-state index contributed by atoms with van der Waals surface area (Å²) >= 11 is 11.8. The second kappa shape index (κ2) is 8.25. The number of ether oxygens (including phenoxy) is 1. The molecule has 0 bridgehead atoms. The molecule has 0 radical (unpaired) electrons. The summed E-state index contributed by atoms with van der Waals surface area (Å²) in [6, 6.07) is 14.2. The molecule has 0 saturated carbocycles. The van der Waals surface area contributed by atoms with E-state index in [9.17, 15) is 9.59 Å². The Kier molecular flexibility index (Phi) is 5.81. The maximum Gasteiger partial charge on any atom is 0.257 e. The largest absolute Gasteiger partial charge is 0.482 e. The fourth-order valence-corrected chi connectivity index (χ4v) is 2.96. The van der Waals surface area contributed by atoms with Crippen LogP contribution in [-0.4, -0.2) is 24.0 Å². The fraction of sp³-hybridized carbons (Fsp3) is 0.158. The Bertz CT molecular complexity index is 1000. The van der Waals surface area contributed by atoms with Crippen LogP contribution < -0.4 is 15.6 Å². The Hall–Kier alpha value is -2.50. The van der Waals surface area contributed by atoms with Crippen molar-refractivity contribution in [2.45, 2.75) is 6.42 Å². The number of amides is 1. The highest BCUT2D eigenvalue weighted by Crippen LogP contribution is 2.27. The van der Waals surface area contributed by atoms with Gasteiger partial charge in [0.05, 0.1) is 5.02 Å². The molecule has 3 aromatic rings. The molecule has 134 valence electrons. The molecule has 2 aromatic carbocycles. The van der Waals surface area contributed by atoms with Crippen LogP contribution in [0.15, 0.2) is 53.3 Å². The molecule has 1 heterocycles. The van der Waals surface area contributed by atoms with Gasteiger partial charge in [0.15, 0.2) is 6.61 Å². The summed E-state index contributed by atoms with van der Waals surface area (Å²) in [5.74, 6) is 0.0884. The summed E-state index contributed by atoms with van der Waals surface area (Å²) in [4.78, 5) is 26.8. The van der Waals surface area contributed by atoms with Crippen molar-refractivity contribution in [3.05, 3.63) is 74.5 Å². The van der Waals surface area contributed by atoms with Crippen LogP contribution in [0.4, 0.5) is 0 Å². The molecule has 0 aliphatic carbocycles. The van der Waals surface area contributed by atoms with Crippen LogP contribution >= 0.6 is 23.2 Å². The van der Waals surface area contributed by atoms with Crippen LogP contribution in [0, 0.1) is 0 Å². The van der Waals surface area contributed by atoms with Gasteiger partial charge >= 0.3 is 0 Å². The highest BCUT2D eigenvalue weighted by atomic mass is 35.5. The monoisotopic (exact) mass is 390 g/mol. The van der Waals surface area contributed by atoms with E-state index in [2.05, 4.69) is 10.3 Å². The van der Waals surface area contributed by atoms with Gasteiger partial charge in [0.1, 0.15) is 5.75 Å². The molecule has 1 aromatic heterocycles. The zero-order valence-electron chi connectivity index (χ0n) is 13.7. The van der Waals surface area contributed by atoms with Gasteiger partial charge in [-0.25, -0.2) is 0 Å². The van der Waals surface area contributed by atoms with Gasteiger partial charge < -0.3 is 15.0 Å². The number of H-pyrrole nitrogens is 1. The van der Waals surface area contributed by atoms with Crippen molar-refractivity contribution in [2.75, 3.05) is 13.2 Å². The van der Waals surface area contributed by atoms with Crippen molar-refractivity contribution in [1.29, 1.82) is 0 Å². The van der Waals surface area contributed by atoms with Crippen LogP contribution in [0.3, 0.4) is 0 Å². The molecule has 5 nitrogen and oxygen atoms in total. The van der Waals surface area contributed by atoms with Crippen LogP contribution in [0.1, 0.15) is 5.56 Å². The van der Waals surface area contributed by atoms with Crippen molar-refractivity contribution in [3.63, 3.8) is 0 Å². The number of hydrogen-bond acceptors (Lipinski definition) is 3. The highest BCUT2D eigenvalue weighted by Gasteiger charge is 2.07. The van der Waals surface area contributed by atoms with Gasteiger partial charge in [-0.3, -0.25) is 9.59 Å². The molecule has 0 aliphatic rings. The fourth-order valence-electron chi connectivity index (χ4n) is 2.50. The molecule has 2 N–H and O–H groups in total.